The van der Waals surface area contributed by atoms with Gasteiger partial charge in [0.15, 0.2) is 9.84 Å². The van der Waals surface area contributed by atoms with Gasteiger partial charge < -0.3 is 0 Å². The zero-order valence-electron chi connectivity index (χ0n) is 15.8. The van der Waals surface area contributed by atoms with Gasteiger partial charge in [0.05, 0.1) is 22.3 Å². The molecule has 0 radical (unpaired) electrons. The summed E-state index contributed by atoms with van der Waals surface area (Å²) < 4.78 is 62.2. The number of aryl methyl sites for hydroxylation is 1. The summed E-state index contributed by atoms with van der Waals surface area (Å²) in [5.41, 5.74) is -0.0875. The first kappa shape index (κ1) is 21.9. The summed E-state index contributed by atoms with van der Waals surface area (Å²) in [5, 5.41) is -0.398. The van der Waals surface area contributed by atoms with E-state index in [2.05, 4.69) is 4.98 Å². The minimum Gasteiger partial charge on any atom is -0.299 e. The lowest BCUT2D eigenvalue weighted by molar-refractivity contribution is -0.137. The van der Waals surface area contributed by atoms with Gasteiger partial charge in [0.25, 0.3) is 0 Å². The number of aromatic nitrogens is 1. The van der Waals surface area contributed by atoms with Crippen molar-refractivity contribution in [2.45, 2.75) is 64.3 Å². The van der Waals surface area contributed by atoms with Crippen LogP contribution < -0.4 is 0 Å². The lowest BCUT2D eigenvalue weighted by Crippen LogP contribution is -2.29. The molecule has 0 amide bonds. The number of alkyl halides is 3. The van der Waals surface area contributed by atoms with Crippen LogP contribution in [-0.2, 0) is 27.2 Å². The molecule has 2 rings (SSSR count). The van der Waals surface area contributed by atoms with Crippen molar-refractivity contribution in [2.75, 3.05) is 5.75 Å². The number of halogens is 3. The molecule has 0 atom stereocenters. The van der Waals surface area contributed by atoms with E-state index >= 15 is 0 Å². The fourth-order valence-corrected chi connectivity index (χ4v) is 4.80. The van der Waals surface area contributed by atoms with E-state index in [4.69, 9.17) is 0 Å². The van der Waals surface area contributed by atoms with Gasteiger partial charge in [-0.25, -0.2) is 8.42 Å². The molecular formula is C19H26F3NO3S. The molecule has 1 aromatic heterocycles. The third-order valence-electron chi connectivity index (χ3n) is 5.34. The van der Waals surface area contributed by atoms with Gasteiger partial charge in [0.2, 0.25) is 0 Å². The zero-order valence-corrected chi connectivity index (χ0v) is 16.7. The number of ketones is 1. The molecule has 1 fully saturated rings. The van der Waals surface area contributed by atoms with Crippen molar-refractivity contribution >= 4 is 15.6 Å². The first-order valence-corrected chi connectivity index (χ1v) is 10.9. The Morgan fingerprint density at radius 1 is 1.22 bits per heavy atom. The van der Waals surface area contributed by atoms with Crippen molar-refractivity contribution in [1.29, 1.82) is 0 Å². The summed E-state index contributed by atoms with van der Waals surface area (Å²) in [5.74, 6) is 0.0277. The molecular weight excluding hydrogens is 379 g/mol. The van der Waals surface area contributed by atoms with E-state index in [9.17, 15) is 26.4 Å². The van der Waals surface area contributed by atoms with E-state index in [0.29, 0.717) is 36.9 Å². The average Bonchev–Trinajstić information content (AvgIpc) is 2.55. The Kier molecular flexibility index (Phi) is 6.71. The van der Waals surface area contributed by atoms with Crippen LogP contribution in [0, 0.1) is 18.8 Å². The Hall–Kier alpha value is -1.44. The number of hydrogen-bond acceptors (Lipinski definition) is 4. The normalized spacial score (nSPS) is 21.4. The number of carbonyl (C=O) groups is 1. The third kappa shape index (κ3) is 5.77. The zero-order chi connectivity index (χ0) is 20.4. The quantitative estimate of drug-likeness (QED) is 0.713. The molecule has 0 saturated heterocycles. The van der Waals surface area contributed by atoms with Crippen LogP contribution in [0.5, 0.6) is 0 Å². The lowest BCUT2D eigenvalue weighted by Gasteiger charge is -2.28. The summed E-state index contributed by atoms with van der Waals surface area (Å²) in [6, 6.07) is 1.02. The molecule has 1 aliphatic rings. The van der Waals surface area contributed by atoms with Gasteiger partial charge in [-0.2, -0.15) is 13.2 Å². The molecule has 27 heavy (non-hydrogen) atoms. The highest BCUT2D eigenvalue weighted by Crippen LogP contribution is 2.32. The van der Waals surface area contributed by atoms with E-state index in [0.717, 1.165) is 12.3 Å². The predicted molar refractivity (Wildman–Crippen MR) is 97.1 cm³/mol. The SMILES string of the molecule is Cc1cc(C(F)(F)F)cnc1CC(=O)C1CCC(CS(=O)(=O)C(C)C)CC1. The second-order valence-corrected chi connectivity index (χ2v) is 10.3. The number of nitrogens with zero attached hydrogens (tertiary/aromatic N) is 1. The fourth-order valence-electron chi connectivity index (χ4n) is 3.42. The molecule has 0 aliphatic heterocycles. The van der Waals surface area contributed by atoms with E-state index in [1.165, 1.54) is 6.92 Å². The Morgan fingerprint density at radius 2 is 1.81 bits per heavy atom. The Labute approximate surface area is 158 Å². The monoisotopic (exact) mass is 405 g/mol. The maximum absolute atomic E-state index is 12.7. The molecule has 1 heterocycles. The summed E-state index contributed by atoms with van der Waals surface area (Å²) in [6.45, 7) is 4.87. The molecule has 0 bridgehead atoms. The molecule has 0 unspecified atom stereocenters. The minimum atomic E-state index is -4.45. The van der Waals surface area contributed by atoms with E-state index in [1.807, 2.05) is 0 Å². The predicted octanol–water partition coefficient (Wildman–Crippen LogP) is 4.15. The molecule has 1 aromatic rings. The Balaban J connectivity index is 1.93. The van der Waals surface area contributed by atoms with Gasteiger partial charge in [-0.3, -0.25) is 9.78 Å². The number of sulfone groups is 1. The second-order valence-electron chi connectivity index (χ2n) is 7.72. The first-order chi connectivity index (χ1) is 12.4. The van der Waals surface area contributed by atoms with Crippen molar-refractivity contribution < 1.29 is 26.4 Å². The summed E-state index contributed by atoms with van der Waals surface area (Å²) in [7, 11) is -3.09. The number of carbonyl (C=O) groups excluding carboxylic acids is 1. The molecule has 0 spiro atoms. The van der Waals surface area contributed by atoms with Crippen LogP contribution in [0.25, 0.3) is 0 Å². The molecule has 152 valence electrons. The van der Waals surface area contributed by atoms with Gasteiger partial charge in [-0.1, -0.05) is 0 Å². The van der Waals surface area contributed by atoms with Gasteiger partial charge in [-0.05, 0) is 64.0 Å². The van der Waals surface area contributed by atoms with Crippen molar-refractivity contribution in [2.24, 2.45) is 11.8 Å². The van der Waals surface area contributed by atoms with E-state index < -0.39 is 26.8 Å². The minimum absolute atomic E-state index is 0.0175. The van der Waals surface area contributed by atoms with Crippen LogP contribution in [0.2, 0.25) is 0 Å². The van der Waals surface area contributed by atoms with Crippen LogP contribution in [0.15, 0.2) is 12.3 Å². The van der Waals surface area contributed by atoms with Gasteiger partial charge in [0, 0.05) is 18.5 Å². The lowest BCUT2D eigenvalue weighted by atomic mass is 9.79. The first-order valence-electron chi connectivity index (χ1n) is 9.17. The highest BCUT2D eigenvalue weighted by molar-refractivity contribution is 7.91. The number of pyridine rings is 1. The maximum Gasteiger partial charge on any atom is 0.417 e. The van der Waals surface area contributed by atoms with Gasteiger partial charge in [0.1, 0.15) is 5.78 Å². The summed E-state index contributed by atoms with van der Waals surface area (Å²) in [4.78, 5) is 16.4. The number of rotatable bonds is 6. The van der Waals surface area contributed by atoms with Crippen LogP contribution in [0.4, 0.5) is 13.2 Å². The molecule has 1 saturated carbocycles. The maximum atomic E-state index is 12.7. The Morgan fingerprint density at radius 3 is 2.30 bits per heavy atom. The molecule has 4 nitrogen and oxygen atoms in total. The second kappa shape index (κ2) is 8.29. The van der Waals surface area contributed by atoms with Crippen LogP contribution in [0.1, 0.15) is 56.4 Å². The van der Waals surface area contributed by atoms with Crippen molar-refractivity contribution in [3.63, 3.8) is 0 Å². The topological polar surface area (TPSA) is 64.1 Å². The fraction of sp³-hybridized carbons (Fsp3) is 0.684. The number of Topliss-reactive ketones (excluding diaryl/α,β-unsaturated/α-hetero) is 1. The van der Waals surface area contributed by atoms with Crippen molar-refractivity contribution in [3.05, 3.63) is 29.1 Å². The van der Waals surface area contributed by atoms with Gasteiger partial charge >= 0.3 is 6.18 Å². The molecule has 0 N–H and O–H groups in total. The third-order valence-corrected chi connectivity index (χ3v) is 7.72. The van der Waals surface area contributed by atoms with Gasteiger partial charge in [-0.15, -0.1) is 0 Å². The standard InChI is InChI=1S/C19H26F3NO3S/c1-12(2)27(25,26)11-14-4-6-15(7-5-14)18(24)9-17-13(3)8-16(10-23-17)19(20,21)22/h8,10,12,14-15H,4-7,9,11H2,1-3H3. The van der Waals surface area contributed by atoms with Crippen LogP contribution in [0.3, 0.4) is 0 Å². The van der Waals surface area contributed by atoms with Crippen molar-refractivity contribution in [1.82, 2.24) is 4.98 Å². The highest BCUT2D eigenvalue weighted by Gasteiger charge is 2.32. The van der Waals surface area contributed by atoms with Crippen molar-refractivity contribution in [3.8, 4) is 0 Å². The molecule has 0 aromatic carbocycles. The van der Waals surface area contributed by atoms with E-state index in [-0.39, 0.29) is 29.8 Å². The Bertz CT molecular complexity index is 780. The smallest absolute Gasteiger partial charge is 0.299 e. The van der Waals surface area contributed by atoms with Crippen LogP contribution in [-0.4, -0.2) is 30.2 Å². The largest absolute Gasteiger partial charge is 0.417 e. The number of hydrogen-bond donors (Lipinski definition) is 0. The van der Waals surface area contributed by atoms with E-state index in [1.54, 1.807) is 13.8 Å². The molecule has 1 aliphatic carbocycles. The summed E-state index contributed by atoms with van der Waals surface area (Å²) >= 11 is 0. The highest BCUT2D eigenvalue weighted by atomic mass is 32.2. The van der Waals surface area contributed by atoms with Crippen LogP contribution >= 0.6 is 0 Å². The average molecular weight is 405 g/mol. The summed E-state index contributed by atoms with van der Waals surface area (Å²) in [6.07, 6.45) is -1.06. The molecule has 8 heteroatoms.